The van der Waals surface area contributed by atoms with E-state index in [1.54, 1.807) is 10.8 Å². The molecule has 2 aromatic heterocycles. The van der Waals surface area contributed by atoms with Crippen LogP contribution in [0.3, 0.4) is 0 Å². The lowest BCUT2D eigenvalue weighted by molar-refractivity contribution is -0.141. The summed E-state index contributed by atoms with van der Waals surface area (Å²) in [5.41, 5.74) is 2.78. The van der Waals surface area contributed by atoms with E-state index in [1.807, 2.05) is 38.4 Å². The number of amides is 1. The van der Waals surface area contributed by atoms with Crippen LogP contribution in [0, 0.1) is 13.8 Å². The molecule has 0 aliphatic heterocycles. The van der Waals surface area contributed by atoms with Crippen LogP contribution in [-0.2, 0) is 21.4 Å². The maximum absolute atomic E-state index is 12.2. The number of methoxy groups -OCH3 is 1. The topological polar surface area (TPSA) is 73.2 Å². The van der Waals surface area contributed by atoms with Gasteiger partial charge in [-0.15, -0.1) is 11.3 Å². The van der Waals surface area contributed by atoms with E-state index in [4.69, 9.17) is 4.74 Å². The van der Waals surface area contributed by atoms with Gasteiger partial charge in [0.2, 0.25) is 5.91 Å². The van der Waals surface area contributed by atoms with Crippen LogP contribution in [0.25, 0.3) is 6.08 Å². The summed E-state index contributed by atoms with van der Waals surface area (Å²) in [7, 11) is 3.20. The molecule has 1 unspecified atom stereocenters. The number of carbonyl (C=O) groups excluding carboxylic acids is 2. The van der Waals surface area contributed by atoms with Gasteiger partial charge in [-0.25, -0.2) is 0 Å². The van der Waals surface area contributed by atoms with Crippen LogP contribution < -0.4 is 5.32 Å². The highest BCUT2D eigenvalue weighted by atomic mass is 32.1. The average molecular weight is 347 g/mol. The Balaban J connectivity index is 2.10. The zero-order chi connectivity index (χ0) is 17.7. The molecule has 2 aromatic rings. The Morgan fingerprint density at radius 1 is 1.46 bits per heavy atom. The second-order valence-corrected chi connectivity index (χ2v) is 6.38. The number of ether oxygens (including phenoxy) is 1. The minimum atomic E-state index is -0.398. The SMILES string of the molecule is COC(=O)CC(NC(=O)/C=C/c1c(C)nn(C)c1C)c1cccs1. The number of hydrogen-bond acceptors (Lipinski definition) is 5. The normalized spacial score (nSPS) is 12.3. The van der Waals surface area contributed by atoms with Crippen molar-refractivity contribution in [3.8, 4) is 0 Å². The molecule has 0 aliphatic carbocycles. The fraction of sp³-hybridized carbons (Fsp3) is 0.353. The third kappa shape index (κ3) is 4.32. The lowest BCUT2D eigenvalue weighted by atomic mass is 10.1. The Hall–Kier alpha value is -2.41. The largest absolute Gasteiger partial charge is 0.469 e. The van der Waals surface area contributed by atoms with Crippen LogP contribution >= 0.6 is 11.3 Å². The monoisotopic (exact) mass is 347 g/mol. The van der Waals surface area contributed by atoms with Crippen molar-refractivity contribution in [3.63, 3.8) is 0 Å². The van der Waals surface area contributed by atoms with Gasteiger partial charge in [-0.2, -0.15) is 5.10 Å². The van der Waals surface area contributed by atoms with Gasteiger partial charge in [0, 0.05) is 29.3 Å². The molecule has 6 nitrogen and oxygen atoms in total. The summed E-state index contributed by atoms with van der Waals surface area (Å²) in [5.74, 6) is -0.628. The number of aryl methyl sites for hydroxylation is 2. The van der Waals surface area contributed by atoms with Gasteiger partial charge < -0.3 is 10.1 Å². The van der Waals surface area contributed by atoms with Crippen LogP contribution in [0.5, 0.6) is 0 Å². The highest BCUT2D eigenvalue weighted by Crippen LogP contribution is 2.22. The summed E-state index contributed by atoms with van der Waals surface area (Å²) in [6.45, 7) is 3.85. The number of carbonyl (C=O) groups is 2. The van der Waals surface area contributed by atoms with Crippen LogP contribution in [0.4, 0.5) is 0 Å². The van der Waals surface area contributed by atoms with Crippen molar-refractivity contribution in [2.75, 3.05) is 7.11 Å². The van der Waals surface area contributed by atoms with Crippen molar-refractivity contribution in [2.24, 2.45) is 7.05 Å². The Kier molecular flexibility index (Phi) is 5.92. The van der Waals surface area contributed by atoms with Crippen LogP contribution in [0.1, 0.15) is 34.3 Å². The van der Waals surface area contributed by atoms with E-state index >= 15 is 0 Å². The van der Waals surface area contributed by atoms with Gasteiger partial charge in [0.15, 0.2) is 0 Å². The first-order valence-electron chi connectivity index (χ1n) is 7.51. The van der Waals surface area contributed by atoms with E-state index in [0.717, 1.165) is 21.8 Å². The van der Waals surface area contributed by atoms with Gasteiger partial charge in [0.25, 0.3) is 0 Å². The van der Waals surface area contributed by atoms with Crippen molar-refractivity contribution in [1.82, 2.24) is 15.1 Å². The number of thiophene rings is 1. The molecule has 7 heteroatoms. The van der Waals surface area contributed by atoms with Crippen molar-refractivity contribution in [2.45, 2.75) is 26.3 Å². The first kappa shape index (κ1) is 17.9. The van der Waals surface area contributed by atoms with E-state index < -0.39 is 6.04 Å². The molecule has 1 amide bonds. The Labute approximate surface area is 145 Å². The highest BCUT2D eigenvalue weighted by Gasteiger charge is 2.19. The van der Waals surface area contributed by atoms with Gasteiger partial charge in [-0.1, -0.05) is 6.07 Å². The lowest BCUT2D eigenvalue weighted by Crippen LogP contribution is -2.28. The number of hydrogen-bond donors (Lipinski definition) is 1. The molecule has 0 fully saturated rings. The molecule has 2 rings (SSSR count). The summed E-state index contributed by atoms with van der Waals surface area (Å²) in [4.78, 5) is 24.7. The van der Waals surface area contributed by atoms with E-state index in [2.05, 4.69) is 10.4 Å². The molecule has 0 spiro atoms. The third-order valence-electron chi connectivity index (χ3n) is 3.77. The molecule has 0 aromatic carbocycles. The quantitative estimate of drug-likeness (QED) is 0.644. The fourth-order valence-electron chi connectivity index (χ4n) is 2.37. The predicted octanol–water partition coefficient (Wildman–Crippen LogP) is 2.53. The molecule has 0 saturated carbocycles. The molecular formula is C17H21N3O3S. The number of nitrogens with zero attached hydrogens (tertiary/aromatic N) is 2. The third-order valence-corrected chi connectivity index (χ3v) is 4.75. The van der Waals surface area contributed by atoms with Gasteiger partial charge in [-0.05, 0) is 31.4 Å². The van der Waals surface area contributed by atoms with Crippen molar-refractivity contribution in [1.29, 1.82) is 0 Å². The number of rotatable bonds is 6. The molecule has 128 valence electrons. The molecule has 2 heterocycles. The minimum absolute atomic E-state index is 0.0988. The first-order valence-corrected chi connectivity index (χ1v) is 8.39. The minimum Gasteiger partial charge on any atom is -0.469 e. The summed E-state index contributed by atoms with van der Waals surface area (Å²) < 4.78 is 6.49. The second-order valence-electron chi connectivity index (χ2n) is 5.40. The highest BCUT2D eigenvalue weighted by molar-refractivity contribution is 7.10. The van der Waals surface area contributed by atoms with Gasteiger partial charge >= 0.3 is 5.97 Å². The van der Waals surface area contributed by atoms with Crippen LogP contribution in [0.2, 0.25) is 0 Å². The molecule has 0 saturated heterocycles. The Bertz CT molecular complexity index is 747. The zero-order valence-corrected chi connectivity index (χ0v) is 15.0. The van der Waals surface area contributed by atoms with E-state index in [0.29, 0.717) is 0 Å². The van der Waals surface area contributed by atoms with Crippen molar-refractivity contribution in [3.05, 3.63) is 45.4 Å². The summed E-state index contributed by atoms with van der Waals surface area (Å²) in [6, 6.07) is 3.37. The van der Waals surface area contributed by atoms with Crippen LogP contribution in [-0.4, -0.2) is 28.8 Å². The zero-order valence-electron chi connectivity index (χ0n) is 14.2. The molecule has 1 N–H and O–H groups in total. The molecule has 0 bridgehead atoms. The van der Waals surface area contributed by atoms with E-state index in [9.17, 15) is 9.59 Å². The Morgan fingerprint density at radius 2 is 2.21 bits per heavy atom. The first-order chi connectivity index (χ1) is 11.4. The molecule has 24 heavy (non-hydrogen) atoms. The number of esters is 1. The van der Waals surface area contributed by atoms with Gasteiger partial charge in [0.05, 0.1) is 25.3 Å². The van der Waals surface area contributed by atoms with Gasteiger partial charge in [0.1, 0.15) is 0 Å². The van der Waals surface area contributed by atoms with Crippen LogP contribution in [0.15, 0.2) is 23.6 Å². The van der Waals surface area contributed by atoms with Gasteiger partial charge in [-0.3, -0.25) is 14.3 Å². The summed E-state index contributed by atoms with van der Waals surface area (Å²) in [5, 5.41) is 9.08. The summed E-state index contributed by atoms with van der Waals surface area (Å²) in [6.07, 6.45) is 3.31. The average Bonchev–Trinajstić information content (AvgIpc) is 3.15. The van der Waals surface area contributed by atoms with Crippen molar-refractivity contribution >= 4 is 29.3 Å². The second kappa shape index (κ2) is 7.92. The standard InChI is InChI=1S/C17H21N3O3S/c1-11-13(12(2)20(3)19-11)7-8-16(21)18-14(10-17(22)23-4)15-6-5-9-24-15/h5-9,14H,10H2,1-4H3,(H,18,21)/b8-7+. The lowest BCUT2D eigenvalue weighted by Gasteiger charge is -2.15. The maximum atomic E-state index is 12.2. The number of aromatic nitrogens is 2. The predicted molar refractivity (Wildman–Crippen MR) is 93.6 cm³/mol. The van der Waals surface area contributed by atoms with E-state index in [1.165, 1.54) is 24.5 Å². The van der Waals surface area contributed by atoms with E-state index in [-0.39, 0.29) is 18.3 Å². The molecule has 0 aliphatic rings. The number of nitrogens with one attached hydrogen (secondary N) is 1. The molecule has 0 radical (unpaired) electrons. The molecule has 1 atom stereocenters. The van der Waals surface area contributed by atoms with Crippen molar-refractivity contribution < 1.29 is 14.3 Å². The summed E-state index contributed by atoms with van der Waals surface area (Å²) >= 11 is 1.49. The maximum Gasteiger partial charge on any atom is 0.307 e. The smallest absolute Gasteiger partial charge is 0.307 e. The Morgan fingerprint density at radius 3 is 2.75 bits per heavy atom. The molecular weight excluding hydrogens is 326 g/mol. The fourth-order valence-corrected chi connectivity index (χ4v) is 3.15.